The van der Waals surface area contributed by atoms with Gasteiger partial charge in [-0.1, -0.05) is 11.6 Å². The number of aromatic nitrogens is 4. The lowest BCUT2D eigenvalue weighted by molar-refractivity contribution is 0.600. The molecule has 0 saturated carbocycles. The summed E-state index contributed by atoms with van der Waals surface area (Å²) in [6, 6.07) is 7.81. The van der Waals surface area contributed by atoms with E-state index in [0.717, 1.165) is 0 Å². The summed E-state index contributed by atoms with van der Waals surface area (Å²) in [5.74, 6) is -0.0909. The van der Waals surface area contributed by atoms with Gasteiger partial charge in [0.25, 0.3) is 16.0 Å². The van der Waals surface area contributed by atoms with Crippen LogP contribution in [0, 0.1) is 0 Å². The van der Waals surface area contributed by atoms with E-state index in [2.05, 4.69) is 24.9 Å². The van der Waals surface area contributed by atoms with Gasteiger partial charge < -0.3 is 0 Å². The molecule has 0 aliphatic heterocycles. The second-order valence-electron chi connectivity index (χ2n) is 4.06. The van der Waals surface area contributed by atoms with Crippen LogP contribution < -0.4 is 4.72 Å². The Hall–Kier alpha value is -2.32. The Balaban J connectivity index is 2.01. The molecule has 0 bridgehead atoms. The van der Waals surface area contributed by atoms with Crippen molar-refractivity contribution >= 4 is 38.5 Å². The molecular formula is C12H8ClN5O2S. The van der Waals surface area contributed by atoms with Gasteiger partial charge in [-0.25, -0.2) is 23.1 Å². The van der Waals surface area contributed by atoms with Crippen molar-refractivity contribution in [3.05, 3.63) is 47.9 Å². The summed E-state index contributed by atoms with van der Waals surface area (Å²) in [4.78, 5) is 7.94. The van der Waals surface area contributed by atoms with Gasteiger partial charge in [-0.3, -0.25) is 0 Å². The SMILES string of the molecule is O=S(=O)(Nc1nccnn1)c1ccc2nc(Cl)ccc2c1. The highest BCUT2D eigenvalue weighted by Gasteiger charge is 2.16. The predicted molar refractivity (Wildman–Crippen MR) is 77.4 cm³/mol. The first-order chi connectivity index (χ1) is 10.0. The van der Waals surface area contributed by atoms with Crippen molar-refractivity contribution in [1.82, 2.24) is 20.2 Å². The Labute approximate surface area is 125 Å². The van der Waals surface area contributed by atoms with Crippen LogP contribution in [0.1, 0.15) is 0 Å². The zero-order chi connectivity index (χ0) is 14.9. The number of anilines is 1. The van der Waals surface area contributed by atoms with Crippen molar-refractivity contribution in [1.29, 1.82) is 0 Å². The highest BCUT2D eigenvalue weighted by molar-refractivity contribution is 7.92. The Morgan fingerprint density at radius 2 is 1.95 bits per heavy atom. The van der Waals surface area contributed by atoms with Crippen LogP contribution >= 0.6 is 11.6 Å². The molecule has 9 heteroatoms. The number of nitrogens with zero attached hydrogens (tertiary/aromatic N) is 4. The first-order valence-corrected chi connectivity index (χ1v) is 7.63. The average molecular weight is 322 g/mol. The van der Waals surface area contributed by atoms with Crippen molar-refractivity contribution < 1.29 is 8.42 Å². The van der Waals surface area contributed by atoms with Gasteiger partial charge in [-0.05, 0) is 30.3 Å². The molecule has 21 heavy (non-hydrogen) atoms. The van der Waals surface area contributed by atoms with Gasteiger partial charge >= 0.3 is 0 Å². The zero-order valence-corrected chi connectivity index (χ0v) is 12.0. The molecule has 7 nitrogen and oxygen atoms in total. The summed E-state index contributed by atoms with van der Waals surface area (Å²) in [5, 5.41) is 8.15. The van der Waals surface area contributed by atoms with Gasteiger partial charge in [-0.2, -0.15) is 5.10 Å². The summed E-state index contributed by atoms with van der Waals surface area (Å²) in [5.41, 5.74) is 0.610. The van der Waals surface area contributed by atoms with Gasteiger partial charge in [0.2, 0.25) is 0 Å². The molecule has 0 saturated heterocycles. The average Bonchev–Trinajstić information content (AvgIpc) is 2.47. The first kappa shape index (κ1) is 13.7. The van der Waals surface area contributed by atoms with E-state index in [9.17, 15) is 8.42 Å². The monoisotopic (exact) mass is 321 g/mol. The first-order valence-electron chi connectivity index (χ1n) is 5.77. The molecule has 106 valence electrons. The second kappa shape index (κ2) is 5.23. The number of pyridine rings is 1. The third-order valence-electron chi connectivity index (χ3n) is 2.65. The minimum atomic E-state index is -3.79. The van der Waals surface area contributed by atoms with Crippen molar-refractivity contribution in [2.75, 3.05) is 4.72 Å². The normalized spacial score (nSPS) is 11.5. The molecule has 0 amide bonds. The minimum absolute atomic E-state index is 0.0755. The van der Waals surface area contributed by atoms with Crippen molar-refractivity contribution in [2.45, 2.75) is 4.90 Å². The maximum absolute atomic E-state index is 12.2. The van der Waals surface area contributed by atoms with E-state index in [1.807, 2.05) is 0 Å². The standard InChI is InChI=1S/C12H8ClN5O2S/c13-11-4-1-8-7-9(2-3-10(8)16-11)21(19,20)18-12-14-5-6-15-17-12/h1-7H,(H,14,17,18). The van der Waals surface area contributed by atoms with E-state index in [-0.39, 0.29) is 10.8 Å². The molecule has 0 spiro atoms. The number of sulfonamides is 1. The van der Waals surface area contributed by atoms with E-state index in [4.69, 9.17) is 11.6 Å². The third-order valence-corrected chi connectivity index (χ3v) is 4.18. The van der Waals surface area contributed by atoms with Crippen LogP contribution in [0.2, 0.25) is 5.15 Å². The van der Waals surface area contributed by atoms with Crippen LogP contribution in [-0.4, -0.2) is 28.6 Å². The molecule has 1 aromatic carbocycles. The fourth-order valence-corrected chi connectivity index (χ4v) is 2.85. The van der Waals surface area contributed by atoms with Crippen LogP contribution in [0.4, 0.5) is 5.95 Å². The lowest BCUT2D eigenvalue weighted by Crippen LogP contribution is -2.15. The number of halogens is 1. The molecular weight excluding hydrogens is 314 g/mol. The van der Waals surface area contributed by atoms with Gasteiger partial charge in [-0.15, -0.1) is 5.10 Å². The maximum atomic E-state index is 12.2. The molecule has 3 rings (SSSR count). The fraction of sp³-hybridized carbons (Fsp3) is 0. The smallest absolute Gasteiger partial charge is 0.246 e. The van der Waals surface area contributed by atoms with Gasteiger partial charge in [0.15, 0.2) is 0 Å². The number of fused-ring (bicyclic) bond motifs is 1. The number of nitrogens with one attached hydrogen (secondary N) is 1. The van der Waals surface area contributed by atoms with E-state index >= 15 is 0 Å². The van der Waals surface area contributed by atoms with E-state index < -0.39 is 10.0 Å². The summed E-state index contributed by atoms with van der Waals surface area (Å²) >= 11 is 5.79. The largest absolute Gasteiger partial charge is 0.264 e. The summed E-state index contributed by atoms with van der Waals surface area (Å²) < 4.78 is 26.7. The predicted octanol–water partition coefficient (Wildman–Crippen LogP) is 1.87. The van der Waals surface area contributed by atoms with E-state index in [1.54, 1.807) is 18.2 Å². The van der Waals surface area contributed by atoms with Crippen LogP contribution in [0.15, 0.2) is 47.6 Å². The Morgan fingerprint density at radius 1 is 1.10 bits per heavy atom. The lowest BCUT2D eigenvalue weighted by atomic mass is 10.2. The fourth-order valence-electron chi connectivity index (χ4n) is 1.72. The zero-order valence-electron chi connectivity index (χ0n) is 10.4. The molecule has 1 N–H and O–H groups in total. The third kappa shape index (κ3) is 2.91. The van der Waals surface area contributed by atoms with Gasteiger partial charge in [0, 0.05) is 5.39 Å². The van der Waals surface area contributed by atoms with Crippen molar-refractivity contribution in [3.8, 4) is 0 Å². The number of rotatable bonds is 3. The Morgan fingerprint density at radius 3 is 2.71 bits per heavy atom. The molecule has 0 fully saturated rings. The van der Waals surface area contributed by atoms with Gasteiger partial charge in [0.05, 0.1) is 22.8 Å². The number of hydrogen-bond donors (Lipinski definition) is 1. The Bertz CT molecular complexity index is 902. The number of hydrogen-bond acceptors (Lipinski definition) is 6. The van der Waals surface area contributed by atoms with Crippen LogP contribution in [0.25, 0.3) is 10.9 Å². The molecule has 2 heterocycles. The molecule has 0 aliphatic carbocycles. The molecule has 2 aromatic heterocycles. The van der Waals surface area contributed by atoms with Crippen LogP contribution in [0.3, 0.4) is 0 Å². The highest BCUT2D eigenvalue weighted by Crippen LogP contribution is 2.20. The molecule has 0 unspecified atom stereocenters. The van der Waals surface area contributed by atoms with Gasteiger partial charge in [0.1, 0.15) is 5.15 Å². The van der Waals surface area contributed by atoms with Crippen LogP contribution in [0.5, 0.6) is 0 Å². The van der Waals surface area contributed by atoms with Crippen molar-refractivity contribution in [3.63, 3.8) is 0 Å². The second-order valence-corrected chi connectivity index (χ2v) is 6.13. The van der Waals surface area contributed by atoms with E-state index in [1.165, 1.54) is 24.5 Å². The van der Waals surface area contributed by atoms with E-state index in [0.29, 0.717) is 16.1 Å². The molecule has 0 radical (unpaired) electrons. The molecule has 3 aromatic rings. The lowest BCUT2D eigenvalue weighted by Gasteiger charge is -2.06. The van der Waals surface area contributed by atoms with Crippen molar-refractivity contribution in [2.24, 2.45) is 0 Å². The quantitative estimate of drug-likeness (QED) is 0.740. The molecule has 0 atom stereocenters. The summed E-state index contributed by atoms with van der Waals surface area (Å²) in [7, 11) is -3.79. The summed E-state index contributed by atoms with van der Waals surface area (Å²) in [6.07, 6.45) is 2.69. The maximum Gasteiger partial charge on any atom is 0.264 e. The topological polar surface area (TPSA) is 97.7 Å². The van der Waals surface area contributed by atoms with Crippen LogP contribution in [-0.2, 0) is 10.0 Å². The summed E-state index contributed by atoms with van der Waals surface area (Å²) in [6.45, 7) is 0. The molecule has 0 aliphatic rings. The number of benzene rings is 1. The highest BCUT2D eigenvalue weighted by atomic mass is 35.5. The Kier molecular flexibility index (Phi) is 3.40. The minimum Gasteiger partial charge on any atom is -0.246 e.